The van der Waals surface area contributed by atoms with Gasteiger partial charge in [0.05, 0.1) is 22.4 Å². The minimum Gasteiger partial charge on any atom is -0.468 e. The van der Waals surface area contributed by atoms with Crippen LogP contribution in [0.2, 0.25) is 0 Å². The molecule has 11 nitrogen and oxygen atoms in total. The summed E-state index contributed by atoms with van der Waals surface area (Å²) in [6, 6.07) is 10.7. The van der Waals surface area contributed by atoms with Crippen molar-refractivity contribution in [2.45, 2.75) is 57.8 Å². The van der Waals surface area contributed by atoms with Crippen molar-refractivity contribution in [3.63, 3.8) is 0 Å². The third kappa shape index (κ3) is 7.49. The van der Waals surface area contributed by atoms with E-state index in [-0.39, 0.29) is 36.3 Å². The highest BCUT2D eigenvalue weighted by Crippen LogP contribution is 2.36. The van der Waals surface area contributed by atoms with Crippen LogP contribution in [0.3, 0.4) is 0 Å². The molecule has 1 saturated heterocycles. The monoisotopic (exact) mass is 626 g/mol. The van der Waals surface area contributed by atoms with Crippen molar-refractivity contribution in [3.05, 3.63) is 57.3 Å². The summed E-state index contributed by atoms with van der Waals surface area (Å²) < 4.78 is 12.9. The second-order valence-electron chi connectivity index (χ2n) is 10.5. The van der Waals surface area contributed by atoms with Gasteiger partial charge >= 0.3 is 11.7 Å². The number of benzene rings is 2. The standard InChI is InChI=1S/C29H35BrN6O5/c1-2-27(35-13-11-34(12-14-35)18-28(37)40-22-9-4-3-5-10-22)41-26-17-24-23(16-25(26)36(38)39)29(32-19-31-24)33-21-8-6-7-20(30)15-21/h6-8,15-17,19,22,27H,2-5,9-14,18H2,1H3,(H,31,32,33). The van der Waals surface area contributed by atoms with Gasteiger partial charge in [0.15, 0.2) is 6.23 Å². The molecule has 2 heterocycles. The maximum Gasteiger partial charge on any atom is 0.320 e. The molecular formula is C29H35BrN6O5. The average molecular weight is 628 g/mol. The summed E-state index contributed by atoms with van der Waals surface area (Å²) in [7, 11) is 0. The zero-order valence-corrected chi connectivity index (χ0v) is 24.7. The van der Waals surface area contributed by atoms with Gasteiger partial charge in [-0.2, -0.15) is 0 Å². The normalized spacial score (nSPS) is 17.7. The second kappa shape index (κ2) is 13.5. The lowest BCUT2D eigenvalue weighted by atomic mass is 9.98. The van der Waals surface area contributed by atoms with Crippen LogP contribution in [0.1, 0.15) is 45.4 Å². The molecule has 1 aliphatic carbocycles. The van der Waals surface area contributed by atoms with Crippen molar-refractivity contribution in [2.75, 3.05) is 38.0 Å². The summed E-state index contributed by atoms with van der Waals surface area (Å²) in [6.45, 7) is 5.02. The number of ether oxygens (including phenoxy) is 2. The number of fused-ring (bicyclic) bond motifs is 1. The highest BCUT2D eigenvalue weighted by atomic mass is 79.9. The van der Waals surface area contributed by atoms with E-state index in [1.54, 1.807) is 6.07 Å². The maximum atomic E-state index is 12.5. The van der Waals surface area contributed by atoms with E-state index in [4.69, 9.17) is 9.47 Å². The minimum atomic E-state index is -0.437. The molecule has 3 aromatic rings. The van der Waals surface area contributed by atoms with Crippen LogP contribution in [0.15, 0.2) is 47.2 Å². The lowest BCUT2D eigenvalue weighted by Crippen LogP contribution is -2.53. The van der Waals surface area contributed by atoms with Crippen LogP contribution >= 0.6 is 15.9 Å². The molecule has 1 N–H and O–H groups in total. The summed E-state index contributed by atoms with van der Waals surface area (Å²) in [6.07, 6.45) is 7.16. The van der Waals surface area contributed by atoms with Crippen molar-refractivity contribution < 1.29 is 19.2 Å². The third-order valence-electron chi connectivity index (χ3n) is 7.63. The van der Waals surface area contributed by atoms with E-state index in [2.05, 4.69) is 41.0 Å². The lowest BCUT2D eigenvalue weighted by molar-refractivity contribution is -0.386. The van der Waals surface area contributed by atoms with E-state index in [1.165, 1.54) is 18.8 Å². The molecule has 0 bridgehead atoms. The molecule has 12 heteroatoms. The smallest absolute Gasteiger partial charge is 0.320 e. The van der Waals surface area contributed by atoms with E-state index in [9.17, 15) is 14.9 Å². The molecule has 0 spiro atoms. The fraction of sp³-hybridized carbons (Fsp3) is 0.483. The predicted octanol–water partition coefficient (Wildman–Crippen LogP) is 5.65. The first-order chi connectivity index (χ1) is 19.9. The Labute approximate surface area is 247 Å². The number of rotatable bonds is 10. The molecule has 2 aliphatic rings. The largest absolute Gasteiger partial charge is 0.468 e. The highest BCUT2D eigenvalue weighted by Gasteiger charge is 2.29. The van der Waals surface area contributed by atoms with Gasteiger partial charge in [-0.15, -0.1) is 0 Å². The van der Waals surface area contributed by atoms with E-state index < -0.39 is 4.92 Å². The van der Waals surface area contributed by atoms with E-state index >= 15 is 0 Å². The average Bonchev–Trinajstić information content (AvgIpc) is 2.96. The second-order valence-corrected chi connectivity index (χ2v) is 11.4. The van der Waals surface area contributed by atoms with Gasteiger partial charge in [-0.3, -0.25) is 24.7 Å². The molecule has 0 radical (unpaired) electrons. The van der Waals surface area contributed by atoms with Crippen molar-refractivity contribution in [3.8, 4) is 5.75 Å². The Morgan fingerprint density at radius 1 is 1.15 bits per heavy atom. The molecule has 5 rings (SSSR count). The number of anilines is 2. The molecule has 2 aromatic carbocycles. The van der Waals surface area contributed by atoms with Gasteiger partial charge in [0.2, 0.25) is 5.75 Å². The fourth-order valence-electron chi connectivity index (χ4n) is 5.47. The summed E-state index contributed by atoms with van der Waals surface area (Å²) >= 11 is 3.45. The number of carbonyl (C=O) groups excluding carboxylic acids is 1. The first-order valence-corrected chi connectivity index (χ1v) is 15.0. The Kier molecular flexibility index (Phi) is 9.63. The predicted molar refractivity (Wildman–Crippen MR) is 159 cm³/mol. The number of halogens is 1. The van der Waals surface area contributed by atoms with Crippen LogP contribution in [0.5, 0.6) is 5.75 Å². The van der Waals surface area contributed by atoms with Crippen LogP contribution in [0, 0.1) is 10.1 Å². The van der Waals surface area contributed by atoms with Gasteiger partial charge < -0.3 is 14.8 Å². The number of aromatic nitrogens is 2. The summed E-state index contributed by atoms with van der Waals surface area (Å²) in [5.74, 6) is 0.476. The maximum absolute atomic E-state index is 12.5. The van der Waals surface area contributed by atoms with Crippen LogP contribution in [-0.4, -0.2) is 75.7 Å². The summed E-state index contributed by atoms with van der Waals surface area (Å²) in [5.41, 5.74) is 1.18. The highest BCUT2D eigenvalue weighted by molar-refractivity contribution is 9.10. The Bertz CT molecular complexity index is 1380. The summed E-state index contributed by atoms with van der Waals surface area (Å²) in [4.78, 5) is 37.1. The number of carbonyl (C=O) groups is 1. The molecule has 1 aromatic heterocycles. The van der Waals surface area contributed by atoms with Gasteiger partial charge in [0, 0.05) is 48.5 Å². The first kappa shape index (κ1) is 29.2. The molecule has 1 saturated carbocycles. The zero-order valence-electron chi connectivity index (χ0n) is 23.1. The number of nitro groups is 1. The van der Waals surface area contributed by atoms with Gasteiger partial charge in [-0.05, 0) is 50.3 Å². The number of piperazine rings is 1. The number of nitrogens with one attached hydrogen (secondary N) is 1. The van der Waals surface area contributed by atoms with E-state index in [0.29, 0.717) is 49.3 Å². The number of hydrogen-bond donors (Lipinski definition) is 1. The quantitative estimate of drug-likeness (QED) is 0.171. The van der Waals surface area contributed by atoms with Crippen LogP contribution in [0.4, 0.5) is 17.2 Å². The number of nitrogens with zero attached hydrogens (tertiary/aromatic N) is 5. The van der Waals surface area contributed by atoms with Gasteiger partial charge in [-0.25, -0.2) is 9.97 Å². The molecule has 1 atom stereocenters. The molecule has 2 fully saturated rings. The molecule has 218 valence electrons. The zero-order chi connectivity index (χ0) is 28.8. The minimum absolute atomic E-state index is 0.0609. The molecule has 0 amide bonds. The Morgan fingerprint density at radius 2 is 1.93 bits per heavy atom. The Morgan fingerprint density at radius 3 is 2.63 bits per heavy atom. The third-order valence-corrected chi connectivity index (χ3v) is 8.12. The summed E-state index contributed by atoms with van der Waals surface area (Å²) in [5, 5.41) is 15.9. The fourth-order valence-corrected chi connectivity index (χ4v) is 5.87. The first-order valence-electron chi connectivity index (χ1n) is 14.2. The van der Waals surface area contributed by atoms with Gasteiger partial charge in [-0.1, -0.05) is 35.3 Å². The van der Waals surface area contributed by atoms with Crippen molar-refractivity contribution in [1.29, 1.82) is 0 Å². The Hall–Kier alpha value is -3.35. The number of esters is 1. The topological polar surface area (TPSA) is 123 Å². The van der Waals surface area contributed by atoms with Crippen molar-refractivity contribution >= 4 is 50.0 Å². The number of nitro benzene ring substituents is 1. The molecule has 41 heavy (non-hydrogen) atoms. The van der Waals surface area contributed by atoms with E-state index in [1.807, 2.05) is 31.2 Å². The van der Waals surface area contributed by atoms with Crippen LogP contribution < -0.4 is 10.1 Å². The van der Waals surface area contributed by atoms with Gasteiger partial charge in [0.1, 0.15) is 18.2 Å². The molecule has 1 aliphatic heterocycles. The Balaban J connectivity index is 1.25. The molecule has 1 unspecified atom stereocenters. The SMILES string of the molecule is CCC(Oc1cc2ncnc(Nc3cccc(Br)c3)c2cc1[N+](=O)[O-])N1CCN(CC(=O)OC2CCCCC2)CC1. The lowest BCUT2D eigenvalue weighted by Gasteiger charge is -2.38. The van der Waals surface area contributed by atoms with Crippen molar-refractivity contribution in [2.24, 2.45) is 0 Å². The van der Waals surface area contributed by atoms with Crippen LogP contribution in [-0.2, 0) is 9.53 Å². The van der Waals surface area contributed by atoms with E-state index in [0.717, 1.165) is 35.8 Å². The van der Waals surface area contributed by atoms with Crippen LogP contribution in [0.25, 0.3) is 10.9 Å². The number of hydrogen-bond acceptors (Lipinski definition) is 10. The molecular weight excluding hydrogens is 592 g/mol. The van der Waals surface area contributed by atoms with Gasteiger partial charge in [0.25, 0.3) is 0 Å². The van der Waals surface area contributed by atoms with Crippen molar-refractivity contribution in [1.82, 2.24) is 19.8 Å².